The van der Waals surface area contributed by atoms with Crippen LogP contribution in [0.2, 0.25) is 0 Å². The molecule has 12 heteroatoms. The summed E-state index contributed by atoms with van der Waals surface area (Å²) in [4.78, 5) is 58.7. The number of fused-ring (bicyclic) bond motifs is 3. The van der Waals surface area contributed by atoms with Gasteiger partial charge in [0, 0.05) is 46.1 Å². The van der Waals surface area contributed by atoms with E-state index in [9.17, 15) is 29.4 Å². The fraction of sp³-hybridized carbons (Fsp3) is 0.720. The van der Waals surface area contributed by atoms with Crippen molar-refractivity contribution in [2.75, 3.05) is 27.9 Å². The number of hydrogen-bond donors (Lipinski definition) is 2. The Balaban J connectivity index is 1.51. The van der Waals surface area contributed by atoms with Gasteiger partial charge in [-0.25, -0.2) is 4.79 Å². The van der Waals surface area contributed by atoms with E-state index in [-0.39, 0.29) is 48.5 Å². The minimum Gasteiger partial charge on any atom is -0.456 e. The molecule has 13 unspecified atom stereocenters. The smallest absolute Gasteiger partial charge is 0.329 e. The summed E-state index contributed by atoms with van der Waals surface area (Å²) in [6, 6.07) is 9.24. The summed E-state index contributed by atoms with van der Waals surface area (Å²) in [6.07, 6.45) is 8.71. The number of Topliss-reactive ketones (excluding diaryl/α,β-unsaturated/α-hetero) is 2. The van der Waals surface area contributed by atoms with E-state index < -0.39 is 65.9 Å². The summed E-state index contributed by atoms with van der Waals surface area (Å²) >= 11 is 0. The van der Waals surface area contributed by atoms with E-state index in [4.69, 9.17) is 23.7 Å². The van der Waals surface area contributed by atoms with Gasteiger partial charge in [0.25, 0.3) is 11.7 Å². The predicted octanol–water partition coefficient (Wildman–Crippen LogP) is 7.12. The first kappa shape index (κ1) is 49.8. The van der Waals surface area contributed by atoms with Crippen LogP contribution in [-0.4, -0.2) is 115 Å². The second-order valence-corrected chi connectivity index (χ2v) is 19.0. The maximum absolute atomic E-state index is 14.4. The van der Waals surface area contributed by atoms with Crippen LogP contribution in [0.3, 0.4) is 0 Å². The first-order valence-corrected chi connectivity index (χ1v) is 23.2. The van der Waals surface area contributed by atoms with Gasteiger partial charge in [0.2, 0.25) is 5.79 Å². The molecule has 1 aromatic rings. The topological polar surface area (TPSA) is 158 Å². The van der Waals surface area contributed by atoms with Crippen LogP contribution >= 0.6 is 0 Å². The number of rotatable bonds is 9. The summed E-state index contributed by atoms with van der Waals surface area (Å²) < 4.78 is 30.2. The number of ketones is 2. The molecule has 346 valence electrons. The van der Waals surface area contributed by atoms with Crippen molar-refractivity contribution in [1.29, 1.82) is 0 Å². The molecule has 0 radical (unpaired) electrons. The fourth-order valence-electron chi connectivity index (χ4n) is 10.5. The van der Waals surface area contributed by atoms with Gasteiger partial charge in [-0.1, -0.05) is 68.8 Å². The van der Waals surface area contributed by atoms with Crippen LogP contribution in [-0.2, 0) is 49.3 Å². The quantitative estimate of drug-likeness (QED) is 0.148. The summed E-state index contributed by atoms with van der Waals surface area (Å²) in [5.41, 5.74) is 3.14. The molecule has 2 saturated heterocycles. The minimum absolute atomic E-state index is 0.0654. The number of aliphatic hydroxyl groups excluding tert-OH is 1. The third-order valence-electron chi connectivity index (χ3n) is 14.1. The van der Waals surface area contributed by atoms with Crippen molar-refractivity contribution in [1.82, 2.24) is 4.90 Å². The van der Waals surface area contributed by atoms with Crippen LogP contribution in [0.5, 0.6) is 0 Å². The number of nitrogens with zero attached hydrogens (tertiary/aromatic N) is 1. The van der Waals surface area contributed by atoms with Gasteiger partial charge in [-0.2, -0.15) is 0 Å². The number of cyclic esters (lactones) is 1. The third kappa shape index (κ3) is 12.5. The zero-order chi connectivity index (χ0) is 45.1. The predicted molar refractivity (Wildman–Crippen MR) is 236 cm³/mol. The zero-order valence-electron chi connectivity index (χ0n) is 38.6. The highest BCUT2D eigenvalue weighted by molar-refractivity contribution is 6.39. The second kappa shape index (κ2) is 23.1. The van der Waals surface area contributed by atoms with Gasteiger partial charge < -0.3 is 38.8 Å². The molecule has 12 nitrogen and oxygen atoms in total. The van der Waals surface area contributed by atoms with E-state index in [1.807, 2.05) is 32.0 Å². The van der Waals surface area contributed by atoms with Crippen LogP contribution in [0.4, 0.5) is 0 Å². The number of aryl methyl sites for hydroxylation is 1. The van der Waals surface area contributed by atoms with Crippen molar-refractivity contribution in [3.8, 4) is 0 Å². The van der Waals surface area contributed by atoms with E-state index in [1.54, 1.807) is 28.3 Å². The van der Waals surface area contributed by atoms with Crippen LogP contribution in [0.15, 0.2) is 53.6 Å². The molecule has 3 aliphatic heterocycles. The first-order chi connectivity index (χ1) is 29.6. The highest BCUT2D eigenvalue weighted by Gasteiger charge is 2.56. The zero-order valence-corrected chi connectivity index (χ0v) is 38.6. The number of piperidine rings is 1. The van der Waals surface area contributed by atoms with Crippen LogP contribution in [0.25, 0.3) is 0 Å². The maximum atomic E-state index is 14.4. The van der Waals surface area contributed by atoms with Gasteiger partial charge in [-0.15, -0.1) is 0 Å². The lowest BCUT2D eigenvalue weighted by Gasteiger charge is -2.47. The minimum atomic E-state index is -2.48. The lowest BCUT2D eigenvalue weighted by atomic mass is 9.82. The van der Waals surface area contributed by atoms with Gasteiger partial charge in [0.1, 0.15) is 24.0 Å². The maximum Gasteiger partial charge on any atom is 0.329 e. The molecular formula is C50H75NO11. The van der Waals surface area contributed by atoms with Gasteiger partial charge in [0.15, 0.2) is 0 Å². The Hall–Kier alpha value is -3.26. The molecule has 1 saturated carbocycles. The Kier molecular flexibility index (Phi) is 18.5. The number of amides is 1. The molecule has 62 heavy (non-hydrogen) atoms. The number of esters is 1. The molecule has 1 amide bonds. The van der Waals surface area contributed by atoms with Gasteiger partial charge in [0.05, 0.1) is 24.4 Å². The SMILES string of the molecule is COC1CC(C=C(C)C2OC(=O)C3CCCCN3C(=O)C(=O)C3(O)OC(C(OC)CC(C)CC(C)=CC(CCCc4ccccc4)C(=O)CCC2C)C(OC)CC3C)CCC1O. The summed E-state index contributed by atoms with van der Waals surface area (Å²) in [5.74, 6) is -6.30. The molecule has 1 aliphatic carbocycles. The van der Waals surface area contributed by atoms with Gasteiger partial charge in [-0.05, 0) is 126 Å². The monoisotopic (exact) mass is 866 g/mol. The Bertz CT molecular complexity index is 1710. The number of hydrogen-bond acceptors (Lipinski definition) is 11. The highest BCUT2D eigenvalue weighted by Crippen LogP contribution is 2.39. The molecule has 4 aliphatic rings. The van der Waals surface area contributed by atoms with Crippen molar-refractivity contribution in [2.45, 2.75) is 173 Å². The van der Waals surface area contributed by atoms with E-state index >= 15 is 0 Å². The van der Waals surface area contributed by atoms with Crippen molar-refractivity contribution in [3.63, 3.8) is 0 Å². The molecule has 0 spiro atoms. The van der Waals surface area contributed by atoms with E-state index in [0.717, 1.165) is 30.4 Å². The third-order valence-corrected chi connectivity index (χ3v) is 14.1. The lowest BCUT2D eigenvalue weighted by molar-refractivity contribution is -0.302. The summed E-state index contributed by atoms with van der Waals surface area (Å²) in [6.45, 7) is 9.90. The Labute approximate surface area is 370 Å². The number of benzene rings is 1. The standard InChI is InChI=1S/C50H75NO11/c1-31-25-32(2)27-43(59-7)46-44(60-8)29-35(5)50(57,62-46)47(54)48(55)51-24-13-12-19-39(51)49(56)61-45(34(4)28-37-21-23-41(53)42(30-37)58-6)33(3)20-22-40(52)38(26-31)18-14-17-36-15-10-9-11-16-36/h9-11,15-16,26,28,32-33,35,37-39,41-46,53,57H,12-14,17-25,27,29-30H2,1-8H3. The van der Waals surface area contributed by atoms with Gasteiger partial charge >= 0.3 is 5.97 Å². The van der Waals surface area contributed by atoms with E-state index in [0.29, 0.717) is 64.2 Å². The number of methoxy groups -OCH3 is 3. The Morgan fingerprint density at radius 1 is 0.903 bits per heavy atom. The first-order valence-electron chi connectivity index (χ1n) is 23.2. The molecule has 5 rings (SSSR count). The molecule has 0 aromatic heterocycles. The summed E-state index contributed by atoms with van der Waals surface area (Å²) in [5, 5.41) is 22.6. The van der Waals surface area contributed by atoms with Crippen molar-refractivity contribution < 1.29 is 53.1 Å². The molecule has 3 fully saturated rings. The largest absolute Gasteiger partial charge is 0.456 e. The van der Waals surface area contributed by atoms with Crippen molar-refractivity contribution in [3.05, 3.63) is 59.2 Å². The average Bonchev–Trinajstić information content (AvgIpc) is 3.26. The second-order valence-electron chi connectivity index (χ2n) is 19.0. The van der Waals surface area contributed by atoms with E-state index in [2.05, 4.69) is 38.1 Å². The number of ether oxygens (including phenoxy) is 5. The number of allylic oxidation sites excluding steroid dienone is 3. The van der Waals surface area contributed by atoms with Crippen LogP contribution < -0.4 is 0 Å². The van der Waals surface area contributed by atoms with Gasteiger partial charge in [-0.3, -0.25) is 14.4 Å². The molecule has 2 bridgehead atoms. The fourth-order valence-corrected chi connectivity index (χ4v) is 10.5. The normalized spacial score (nSPS) is 36.6. The number of carbonyl (C=O) groups is 4. The lowest BCUT2D eigenvalue weighted by Crippen LogP contribution is -2.64. The Morgan fingerprint density at radius 3 is 2.29 bits per heavy atom. The highest BCUT2D eigenvalue weighted by atomic mass is 16.7. The molecular weight excluding hydrogens is 791 g/mol. The molecule has 3 heterocycles. The summed E-state index contributed by atoms with van der Waals surface area (Å²) in [7, 11) is 4.72. The number of carbonyl (C=O) groups excluding carboxylic acids is 4. The Morgan fingerprint density at radius 2 is 1.60 bits per heavy atom. The molecule has 1 aromatic carbocycles. The van der Waals surface area contributed by atoms with E-state index in [1.165, 1.54) is 10.5 Å². The van der Waals surface area contributed by atoms with Crippen molar-refractivity contribution >= 4 is 23.4 Å². The molecule has 13 atom stereocenters. The number of aliphatic hydroxyl groups is 2. The molecule has 2 N–H and O–H groups in total. The van der Waals surface area contributed by atoms with Crippen LogP contribution in [0.1, 0.15) is 124 Å². The average molecular weight is 866 g/mol. The van der Waals surface area contributed by atoms with Crippen molar-refractivity contribution in [2.24, 2.45) is 29.6 Å². The van der Waals surface area contributed by atoms with Crippen LogP contribution in [0, 0.1) is 29.6 Å².